The molecule has 0 aromatic rings. The second kappa shape index (κ2) is 3.01. The summed E-state index contributed by atoms with van der Waals surface area (Å²) < 4.78 is 4.83. The number of cyclic esters (lactones) is 1. The molecule has 1 aliphatic heterocycles. The van der Waals surface area contributed by atoms with Crippen molar-refractivity contribution in [1.29, 1.82) is 0 Å². The van der Waals surface area contributed by atoms with E-state index < -0.39 is 12.1 Å². The molecule has 1 fully saturated rings. The van der Waals surface area contributed by atoms with E-state index in [9.17, 15) is 4.79 Å². The number of ether oxygens (including phenoxy) is 1. The summed E-state index contributed by atoms with van der Waals surface area (Å²) in [6.07, 6.45) is 1.43. The van der Waals surface area contributed by atoms with Crippen LogP contribution in [0.15, 0.2) is 0 Å². The van der Waals surface area contributed by atoms with E-state index >= 15 is 0 Å². The van der Waals surface area contributed by atoms with Gasteiger partial charge in [0, 0.05) is 6.42 Å². The molecular formula is C7H12O3. The van der Waals surface area contributed by atoms with Crippen LogP contribution in [0.25, 0.3) is 0 Å². The average Bonchev–Trinajstić information content (AvgIpc) is 2.14. The fraction of sp³-hybridized carbons (Fsp3) is 0.857. The first-order chi connectivity index (χ1) is 4.74. The maximum Gasteiger partial charge on any atom is 0.335 e. The highest BCUT2D eigenvalue weighted by Gasteiger charge is 2.31. The molecule has 0 amide bonds. The third-order valence-electron chi connectivity index (χ3n) is 1.65. The van der Waals surface area contributed by atoms with E-state index in [1.165, 1.54) is 0 Å². The molecule has 0 aromatic carbocycles. The molecule has 1 N–H and O–H groups in total. The van der Waals surface area contributed by atoms with Gasteiger partial charge in [-0.3, -0.25) is 0 Å². The fourth-order valence-corrected chi connectivity index (χ4v) is 1.13. The van der Waals surface area contributed by atoms with E-state index in [1.54, 1.807) is 0 Å². The Morgan fingerprint density at radius 1 is 1.80 bits per heavy atom. The summed E-state index contributed by atoms with van der Waals surface area (Å²) in [4.78, 5) is 10.6. The summed E-state index contributed by atoms with van der Waals surface area (Å²) in [6.45, 7) is 2.03. The molecule has 3 nitrogen and oxygen atoms in total. The van der Waals surface area contributed by atoms with Crippen LogP contribution in [0.3, 0.4) is 0 Å². The molecule has 2 atom stereocenters. The highest BCUT2D eigenvalue weighted by atomic mass is 16.6. The number of aliphatic hydroxyl groups excluding tert-OH is 1. The van der Waals surface area contributed by atoms with Gasteiger partial charge in [0.2, 0.25) is 0 Å². The summed E-state index contributed by atoms with van der Waals surface area (Å²) in [5, 5.41) is 8.92. The van der Waals surface area contributed by atoms with Gasteiger partial charge in [-0.15, -0.1) is 0 Å². The lowest BCUT2D eigenvalue weighted by Crippen LogP contribution is -2.11. The Balaban J connectivity index is 2.34. The van der Waals surface area contributed by atoms with Gasteiger partial charge in [0.1, 0.15) is 6.10 Å². The van der Waals surface area contributed by atoms with Gasteiger partial charge in [-0.1, -0.05) is 13.3 Å². The van der Waals surface area contributed by atoms with Gasteiger partial charge in [0.25, 0.3) is 0 Å². The third kappa shape index (κ3) is 1.48. The Morgan fingerprint density at radius 2 is 2.50 bits per heavy atom. The Labute approximate surface area is 60.0 Å². The molecule has 3 heteroatoms. The van der Waals surface area contributed by atoms with Crippen LogP contribution in [0.5, 0.6) is 0 Å². The van der Waals surface area contributed by atoms with Crippen molar-refractivity contribution in [1.82, 2.24) is 0 Å². The summed E-state index contributed by atoms with van der Waals surface area (Å²) in [5.74, 6) is -0.460. The molecule has 1 saturated heterocycles. The van der Waals surface area contributed by atoms with Gasteiger partial charge in [-0.25, -0.2) is 4.79 Å². The standard InChI is InChI=1S/C7H12O3/c1-2-3-5-4-6(8)7(9)10-5/h5-6,8H,2-4H2,1H3. The minimum atomic E-state index is -0.864. The lowest BCUT2D eigenvalue weighted by molar-refractivity contribution is -0.147. The van der Waals surface area contributed by atoms with Crippen LogP contribution in [-0.2, 0) is 9.53 Å². The maximum atomic E-state index is 10.6. The molecular weight excluding hydrogens is 132 g/mol. The van der Waals surface area contributed by atoms with Crippen molar-refractivity contribution < 1.29 is 14.6 Å². The Morgan fingerprint density at radius 3 is 2.90 bits per heavy atom. The van der Waals surface area contributed by atoms with E-state index in [-0.39, 0.29) is 6.10 Å². The van der Waals surface area contributed by atoms with Crippen LogP contribution in [0.2, 0.25) is 0 Å². The number of rotatable bonds is 2. The molecule has 0 spiro atoms. The SMILES string of the molecule is CCCC1CC(O)C(=O)O1. The molecule has 10 heavy (non-hydrogen) atoms. The average molecular weight is 144 g/mol. The van der Waals surface area contributed by atoms with Crippen molar-refractivity contribution >= 4 is 5.97 Å². The van der Waals surface area contributed by atoms with Crippen LogP contribution in [0, 0.1) is 0 Å². The quantitative estimate of drug-likeness (QED) is 0.573. The molecule has 1 heterocycles. The number of hydrogen-bond acceptors (Lipinski definition) is 3. The minimum Gasteiger partial charge on any atom is -0.460 e. The first-order valence-electron chi connectivity index (χ1n) is 3.62. The summed E-state index contributed by atoms with van der Waals surface area (Å²) >= 11 is 0. The zero-order valence-electron chi connectivity index (χ0n) is 6.04. The number of esters is 1. The smallest absolute Gasteiger partial charge is 0.335 e. The van der Waals surface area contributed by atoms with E-state index in [4.69, 9.17) is 9.84 Å². The topological polar surface area (TPSA) is 46.5 Å². The van der Waals surface area contributed by atoms with Crippen LogP contribution >= 0.6 is 0 Å². The van der Waals surface area contributed by atoms with Crippen LogP contribution < -0.4 is 0 Å². The van der Waals surface area contributed by atoms with E-state index in [2.05, 4.69) is 0 Å². The molecule has 0 radical (unpaired) electrons. The highest BCUT2D eigenvalue weighted by Crippen LogP contribution is 2.18. The summed E-state index contributed by atoms with van der Waals surface area (Å²) in [6, 6.07) is 0. The van der Waals surface area contributed by atoms with Crippen molar-refractivity contribution in [2.45, 2.75) is 38.4 Å². The largest absolute Gasteiger partial charge is 0.460 e. The van der Waals surface area contributed by atoms with Crippen molar-refractivity contribution in [2.75, 3.05) is 0 Å². The van der Waals surface area contributed by atoms with Gasteiger partial charge in [0.05, 0.1) is 0 Å². The Bertz CT molecular complexity index is 133. The van der Waals surface area contributed by atoms with Crippen LogP contribution in [0.1, 0.15) is 26.2 Å². The molecule has 0 saturated carbocycles. The molecule has 2 unspecified atom stereocenters. The maximum absolute atomic E-state index is 10.6. The molecule has 1 rings (SSSR count). The van der Waals surface area contributed by atoms with E-state index in [0.717, 1.165) is 12.8 Å². The van der Waals surface area contributed by atoms with Gasteiger partial charge in [0.15, 0.2) is 6.10 Å². The Hall–Kier alpha value is -0.570. The Kier molecular flexibility index (Phi) is 2.27. The number of hydrogen-bond donors (Lipinski definition) is 1. The van der Waals surface area contributed by atoms with Crippen LogP contribution in [0.4, 0.5) is 0 Å². The monoisotopic (exact) mass is 144 g/mol. The minimum absolute atomic E-state index is 0.0347. The van der Waals surface area contributed by atoms with Gasteiger partial charge in [-0.2, -0.15) is 0 Å². The predicted octanol–water partition coefficient (Wildman–Crippen LogP) is 0.463. The molecule has 0 aliphatic carbocycles. The predicted molar refractivity (Wildman–Crippen MR) is 35.4 cm³/mol. The first-order valence-corrected chi connectivity index (χ1v) is 3.62. The molecule has 58 valence electrons. The normalized spacial score (nSPS) is 32.4. The van der Waals surface area contributed by atoms with E-state index in [1.807, 2.05) is 6.92 Å². The molecule has 0 aromatic heterocycles. The summed E-state index contributed by atoms with van der Waals surface area (Å²) in [7, 11) is 0. The van der Waals surface area contributed by atoms with Crippen molar-refractivity contribution in [3.05, 3.63) is 0 Å². The second-order valence-corrected chi connectivity index (χ2v) is 2.60. The van der Waals surface area contributed by atoms with Crippen molar-refractivity contribution in [2.24, 2.45) is 0 Å². The lowest BCUT2D eigenvalue weighted by atomic mass is 10.1. The number of carbonyl (C=O) groups is 1. The first kappa shape index (κ1) is 7.54. The van der Waals surface area contributed by atoms with Crippen LogP contribution in [-0.4, -0.2) is 23.3 Å². The van der Waals surface area contributed by atoms with E-state index in [0.29, 0.717) is 6.42 Å². The zero-order chi connectivity index (χ0) is 7.56. The van der Waals surface area contributed by atoms with Crippen molar-refractivity contribution in [3.8, 4) is 0 Å². The summed E-state index contributed by atoms with van der Waals surface area (Å²) in [5.41, 5.74) is 0. The zero-order valence-corrected chi connectivity index (χ0v) is 6.04. The highest BCUT2D eigenvalue weighted by molar-refractivity contribution is 5.76. The second-order valence-electron chi connectivity index (χ2n) is 2.60. The fourth-order valence-electron chi connectivity index (χ4n) is 1.13. The number of aliphatic hydroxyl groups is 1. The lowest BCUT2D eigenvalue weighted by Gasteiger charge is -2.04. The van der Waals surface area contributed by atoms with Crippen molar-refractivity contribution in [3.63, 3.8) is 0 Å². The molecule has 1 aliphatic rings. The van der Waals surface area contributed by atoms with Gasteiger partial charge >= 0.3 is 5.97 Å². The van der Waals surface area contributed by atoms with Gasteiger partial charge < -0.3 is 9.84 Å². The third-order valence-corrected chi connectivity index (χ3v) is 1.65. The molecule has 0 bridgehead atoms. The van der Waals surface area contributed by atoms with Gasteiger partial charge in [-0.05, 0) is 6.42 Å². The number of carbonyl (C=O) groups excluding carboxylic acids is 1.